The average Bonchev–Trinajstić information content (AvgIpc) is 2.90. The second kappa shape index (κ2) is 5.17. The van der Waals surface area contributed by atoms with E-state index in [1.54, 1.807) is 12.2 Å². The predicted molar refractivity (Wildman–Crippen MR) is 91.7 cm³/mol. The molecule has 0 heterocycles. The normalized spacial score (nSPS) is 48.3. The summed E-state index contributed by atoms with van der Waals surface area (Å²) in [5, 5.41) is 10.3. The first kappa shape index (κ1) is 15.4. The zero-order valence-electron chi connectivity index (χ0n) is 14.1. The lowest BCUT2D eigenvalue weighted by Gasteiger charge is -2.57. The summed E-state index contributed by atoms with van der Waals surface area (Å²) >= 11 is 0. The van der Waals surface area contributed by atoms with Crippen molar-refractivity contribution in [3.63, 3.8) is 0 Å². The quantitative estimate of drug-likeness (QED) is 0.780. The molecule has 0 aliphatic heterocycles. The van der Waals surface area contributed by atoms with E-state index in [2.05, 4.69) is 19.6 Å². The minimum Gasteiger partial charge on any atom is -0.395 e. The molecule has 0 bridgehead atoms. The molecule has 3 saturated carbocycles. The van der Waals surface area contributed by atoms with E-state index in [0.717, 1.165) is 12.3 Å². The molecule has 0 aromatic heterocycles. The van der Waals surface area contributed by atoms with Crippen molar-refractivity contribution in [2.75, 3.05) is 6.61 Å². The van der Waals surface area contributed by atoms with Gasteiger partial charge in [-0.2, -0.15) is 0 Å². The summed E-state index contributed by atoms with van der Waals surface area (Å²) in [6.45, 7) is 6.72. The summed E-state index contributed by atoms with van der Waals surface area (Å²) in [4.78, 5) is 11.8. The summed E-state index contributed by atoms with van der Waals surface area (Å²) in [6.07, 6.45) is 14.9. The maximum Gasteiger partial charge on any atom is 0.178 e. The van der Waals surface area contributed by atoms with Crippen LogP contribution in [-0.4, -0.2) is 17.5 Å². The highest BCUT2D eigenvalue weighted by Crippen LogP contribution is 2.66. The summed E-state index contributed by atoms with van der Waals surface area (Å²) in [5.74, 6) is 2.68. The number of allylic oxidation sites excluding steroid dienone is 3. The zero-order chi connectivity index (χ0) is 16.2. The van der Waals surface area contributed by atoms with Gasteiger partial charge in [-0.3, -0.25) is 4.79 Å². The van der Waals surface area contributed by atoms with Crippen molar-refractivity contribution in [3.05, 3.63) is 36.5 Å². The lowest BCUT2D eigenvalue weighted by atomic mass is 9.47. The maximum absolute atomic E-state index is 11.8. The molecule has 4 rings (SSSR count). The molecule has 1 N–H and O–H groups in total. The number of carbonyl (C=O) groups excluding carboxylic acids is 1. The third-order valence-electron chi connectivity index (χ3n) is 7.92. The maximum atomic E-state index is 11.8. The van der Waals surface area contributed by atoms with E-state index in [1.807, 2.05) is 6.08 Å². The zero-order valence-corrected chi connectivity index (χ0v) is 14.1. The van der Waals surface area contributed by atoms with Crippen LogP contribution in [0.3, 0.4) is 0 Å². The van der Waals surface area contributed by atoms with E-state index in [9.17, 15) is 9.90 Å². The fraction of sp³-hybridized carbons (Fsp3) is 0.667. The second-order valence-electron chi connectivity index (χ2n) is 8.48. The minimum atomic E-state index is -0.260. The number of ketones is 1. The summed E-state index contributed by atoms with van der Waals surface area (Å²) in [7, 11) is 0. The first-order valence-electron chi connectivity index (χ1n) is 9.23. The second-order valence-corrected chi connectivity index (χ2v) is 8.48. The van der Waals surface area contributed by atoms with E-state index in [1.165, 1.54) is 37.7 Å². The van der Waals surface area contributed by atoms with Crippen LogP contribution in [0.1, 0.15) is 45.4 Å². The van der Waals surface area contributed by atoms with Crippen LogP contribution in [0.4, 0.5) is 0 Å². The molecular formula is C21H28O2. The highest BCUT2D eigenvalue weighted by molar-refractivity contribution is 6.01. The van der Waals surface area contributed by atoms with Crippen molar-refractivity contribution >= 4 is 5.78 Å². The van der Waals surface area contributed by atoms with Gasteiger partial charge in [0.1, 0.15) is 0 Å². The highest BCUT2D eigenvalue weighted by atomic mass is 16.3. The Bertz CT molecular complexity index is 601. The van der Waals surface area contributed by atoms with Crippen LogP contribution in [0.5, 0.6) is 0 Å². The summed E-state index contributed by atoms with van der Waals surface area (Å²) in [6, 6.07) is 0. The SMILES string of the molecule is C=CC1CCC2C3CCC4=CC(=O)C=CC4(CO)C3CCC12C. The summed E-state index contributed by atoms with van der Waals surface area (Å²) in [5.41, 5.74) is 1.33. The molecule has 124 valence electrons. The van der Waals surface area contributed by atoms with Gasteiger partial charge >= 0.3 is 0 Å². The van der Waals surface area contributed by atoms with E-state index < -0.39 is 0 Å². The first-order chi connectivity index (χ1) is 11.0. The Kier molecular flexibility index (Phi) is 3.46. The predicted octanol–water partition coefficient (Wildman–Crippen LogP) is 4.07. The van der Waals surface area contributed by atoms with E-state index >= 15 is 0 Å². The molecule has 2 heteroatoms. The number of rotatable bonds is 2. The molecule has 0 radical (unpaired) electrons. The van der Waals surface area contributed by atoms with E-state index in [4.69, 9.17) is 0 Å². The van der Waals surface area contributed by atoms with Crippen LogP contribution in [0.25, 0.3) is 0 Å². The molecule has 23 heavy (non-hydrogen) atoms. The molecule has 4 aliphatic carbocycles. The largest absolute Gasteiger partial charge is 0.395 e. The Morgan fingerprint density at radius 1 is 1.30 bits per heavy atom. The van der Waals surface area contributed by atoms with Gasteiger partial charge < -0.3 is 5.11 Å². The molecule has 2 nitrogen and oxygen atoms in total. The molecule has 0 saturated heterocycles. The molecule has 0 amide bonds. The molecule has 3 fully saturated rings. The Balaban J connectivity index is 1.72. The van der Waals surface area contributed by atoms with Gasteiger partial charge in [-0.1, -0.05) is 24.6 Å². The fourth-order valence-electron chi connectivity index (χ4n) is 6.71. The van der Waals surface area contributed by atoms with Crippen molar-refractivity contribution in [2.45, 2.75) is 45.4 Å². The topological polar surface area (TPSA) is 37.3 Å². The Morgan fingerprint density at radius 2 is 2.13 bits per heavy atom. The van der Waals surface area contributed by atoms with Crippen molar-refractivity contribution < 1.29 is 9.90 Å². The van der Waals surface area contributed by atoms with Gasteiger partial charge in [-0.25, -0.2) is 0 Å². The number of hydrogen-bond acceptors (Lipinski definition) is 2. The molecule has 6 atom stereocenters. The van der Waals surface area contributed by atoms with Crippen molar-refractivity contribution in [1.29, 1.82) is 0 Å². The van der Waals surface area contributed by atoms with Gasteiger partial charge in [0.05, 0.1) is 6.61 Å². The minimum absolute atomic E-state index is 0.0933. The van der Waals surface area contributed by atoms with E-state index in [0.29, 0.717) is 23.2 Å². The van der Waals surface area contributed by atoms with Crippen molar-refractivity contribution in [2.24, 2.45) is 34.5 Å². The molecule has 6 unspecified atom stereocenters. The Labute approximate surface area is 139 Å². The fourth-order valence-corrected chi connectivity index (χ4v) is 6.71. The van der Waals surface area contributed by atoms with Gasteiger partial charge in [0.2, 0.25) is 0 Å². The number of aliphatic hydroxyl groups is 1. The van der Waals surface area contributed by atoms with Gasteiger partial charge in [-0.05, 0) is 79.8 Å². The van der Waals surface area contributed by atoms with Gasteiger partial charge in [0.25, 0.3) is 0 Å². The van der Waals surface area contributed by atoms with Crippen LogP contribution in [0, 0.1) is 34.5 Å². The van der Waals surface area contributed by atoms with Crippen molar-refractivity contribution in [3.8, 4) is 0 Å². The smallest absolute Gasteiger partial charge is 0.178 e. The Hall–Kier alpha value is -1.15. The molecule has 0 aromatic carbocycles. The molecule has 0 spiro atoms. The number of fused-ring (bicyclic) bond motifs is 5. The summed E-state index contributed by atoms with van der Waals surface area (Å²) < 4.78 is 0. The lowest BCUT2D eigenvalue weighted by Crippen LogP contribution is -2.51. The number of hydrogen-bond donors (Lipinski definition) is 1. The monoisotopic (exact) mass is 312 g/mol. The average molecular weight is 312 g/mol. The Morgan fingerprint density at radius 3 is 2.87 bits per heavy atom. The van der Waals surface area contributed by atoms with Gasteiger partial charge in [0.15, 0.2) is 5.78 Å². The standard InChI is InChI=1S/C21H28O2/c1-3-14-5-7-18-17-6-4-15-12-16(23)8-11-21(15,13-22)19(17)9-10-20(14,18)2/h3,8,11-12,14,17-19,22H,1,4-7,9-10,13H2,2H3. The number of aliphatic hydroxyl groups excluding tert-OH is 1. The highest BCUT2D eigenvalue weighted by Gasteiger charge is 2.58. The molecule has 0 aromatic rings. The first-order valence-corrected chi connectivity index (χ1v) is 9.23. The van der Waals surface area contributed by atoms with Gasteiger partial charge in [0, 0.05) is 5.41 Å². The van der Waals surface area contributed by atoms with Crippen LogP contribution in [0.15, 0.2) is 36.5 Å². The molecular weight excluding hydrogens is 284 g/mol. The van der Waals surface area contributed by atoms with Crippen LogP contribution in [-0.2, 0) is 4.79 Å². The number of carbonyl (C=O) groups is 1. The van der Waals surface area contributed by atoms with Crippen molar-refractivity contribution in [1.82, 2.24) is 0 Å². The van der Waals surface area contributed by atoms with Crippen LogP contribution >= 0.6 is 0 Å². The molecule has 4 aliphatic rings. The lowest BCUT2D eigenvalue weighted by molar-refractivity contribution is -0.111. The van der Waals surface area contributed by atoms with Crippen LogP contribution < -0.4 is 0 Å². The van der Waals surface area contributed by atoms with E-state index in [-0.39, 0.29) is 17.8 Å². The third kappa shape index (κ3) is 1.94. The van der Waals surface area contributed by atoms with Gasteiger partial charge in [-0.15, -0.1) is 6.58 Å². The van der Waals surface area contributed by atoms with Crippen LogP contribution in [0.2, 0.25) is 0 Å². The third-order valence-corrected chi connectivity index (χ3v) is 7.92.